The summed E-state index contributed by atoms with van der Waals surface area (Å²) < 4.78 is 4.57. The number of aryl methyl sites for hydroxylation is 1. The molecule has 2 aromatic heterocycles. The first-order chi connectivity index (χ1) is 16.9. The molecule has 0 radical (unpaired) electrons. The zero-order valence-corrected chi connectivity index (χ0v) is 20.9. The summed E-state index contributed by atoms with van der Waals surface area (Å²) >= 11 is 6.23. The molecule has 3 heterocycles. The van der Waals surface area contributed by atoms with E-state index in [0.29, 0.717) is 35.2 Å². The number of hydrogen-bond donors (Lipinski definition) is 0. The van der Waals surface area contributed by atoms with Crippen molar-refractivity contribution in [1.29, 1.82) is 0 Å². The Morgan fingerprint density at radius 1 is 0.914 bits per heavy atom. The van der Waals surface area contributed by atoms with Gasteiger partial charge in [-0.2, -0.15) is 0 Å². The summed E-state index contributed by atoms with van der Waals surface area (Å²) in [6, 6.07) is 18.3. The summed E-state index contributed by atoms with van der Waals surface area (Å²) in [5, 5.41) is 0.647. The van der Waals surface area contributed by atoms with Crippen LogP contribution in [0.1, 0.15) is 29.8 Å². The Morgan fingerprint density at radius 3 is 2.34 bits per heavy atom. The summed E-state index contributed by atoms with van der Waals surface area (Å²) in [6.45, 7) is 3.05. The fourth-order valence-corrected chi connectivity index (χ4v) is 5.31. The SMILES string of the molecule is Cn1c(=O)c2c(nc(CN3CCC(Cc4ccccc4)CC3)n2Cc2cccc(Cl)c2)n(C)c1=O. The van der Waals surface area contributed by atoms with Crippen LogP contribution in [0.5, 0.6) is 0 Å². The molecule has 8 heteroatoms. The van der Waals surface area contributed by atoms with E-state index in [1.165, 1.54) is 17.2 Å². The number of fused-ring (bicyclic) bond motifs is 1. The van der Waals surface area contributed by atoms with Crippen molar-refractivity contribution in [2.24, 2.45) is 20.0 Å². The van der Waals surface area contributed by atoms with Crippen molar-refractivity contribution in [2.75, 3.05) is 13.1 Å². The lowest BCUT2D eigenvalue weighted by molar-refractivity contribution is 0.172. The second-order valence-corrected chi connectivity index (χ2v) is 9.97. The first-order valence-corrected chi connectivity index (χ1v) is 12.4. The number of halogens is 1. The lowest BCUT2D eigenvalue weighted by Gasteiger charge is -2.31. The van der Waals surface area contributed by atoms with E-state index in [0.717, 1.165) is 48.3 Å². The molecule has 0 amide bonds. The van der Waals surface area contributed by atoms with Crippen LogP contribution < -0.4 is 11.2 Å². The largest absolute Gasteiger partial charge is 0.332 e. The Balaban J connectivity index is 1.43. The Morgan fingerprint density at radius 2 is 1.63 bits per heavy atom. The first kappa shape index (κ1) is 23.6. The number of piperidine rings is 1. The number of imidazole rings is 1. The average molecular weight is 492 g/mol. The van der Waals surface area contributed by atoms with Gasteiger partial charge in [0.2, 0.25) is 0 Å². The topological polar surface area (TPSA) is 65.1 Å². The molecule has 1 fully saturated rings. The monoisotopic (exact) mass is 491 g/mol. The highest BCUT2D eigenvalue weighted by Crippen LogP contribution is 2.24. The van der Waals surface area contributed by atoms with Gasteiger partial charge in [-0.15, -0.1) is 0 Å². The molecule has 0 spiro atoms. The molecule has 0 unspecified atom stereocenters. The van der Waals surface area contributed by atoms with E-state index in [1.807, 2.05) is 28.8 Å². The standard InChI is InChI=1S/C27H30ClN5O2/c1-30-25-24(26(34)31(2)27(30)35)33(17-21-9-6-10-22(28)16-21)23(29-25)18-32-13-11-20(12-14-32)15-19-7-4-3-5-8-19/h3-10,16,20H,11-15,17-18H2,1-2H3. The predicted octanol–water partition coefficient (Wildman–Crippen LogP) is 3.59. The molecular weight excluding hydrogens is 462 g/mol. The van der Waals surface area contributed by atoms with Gasteiger partial charge in [0.15, 0.2) is 11.2 Å². The predicted molar refractivity (Wildman–Crippen MR) is 139 cm³/mol. The summed E-state index contributed by atoms with van der Waals surface area (Å²) in [5.41, 5.74) is 2.55. The Hall–Kier alpha value is -3.16. The molecule has 0 atom stereocenters. The second-order valence-electron chi connectivity index (χ2n) is 9.53. The molecule has 4 aromatic rings. The molecular formula is C27H30ClN5O2. The second kappa shape index (κ2) is 9.84. The minimum Gasteiger partial charge on any atom is -0.317 e. The lowest BCUT2D eigenvalue weighted by Crippen LogP contribution is -2.37. The molecule has 2 aromatic carbocycles. The Bertz CT molecular complexity index is 1460. The first-order valence-electron chi connectivity index (χ1n) is 12.1. The highest BCUT2D eigenvalue weighted by atomic mass is 35.5. The molecule has 7 nitrogen and oxygen atoms in total. The number of rotatable bonds is 6. The number of nitrogens with zero attached hydrogens (tertiary/aromatic N) is 5. The molecule has 0 saturated carbocycles. The van der Waals surface area contributed by atoms with Crippen LogP contribution in [0.3, 0.4) is 0 Å². The van der Waals surface area contributed by atoms with Crippen LogP contribution in [0.15, 0.2) is 64.2 Å². The van der Waals surface area contributed by atoms with Crippen LogP contribution in [0.4, 0.5) is 0 Å². The summed E-state index contributed by atoms with van der Waals surface area (Å²) in [5.74, 6) is 1.46. The van der Waals surface area contributed by atoms with Gasteiger partial charge in [0.05, 0.1) is 6.54 Å². The van der Waals surface area contributed by atoms with E-state index in [9.17, 15) is 9.59 Å². The van der Waals surface area contributed by atoms with Crippen LogP contribution >= 0.6 is 11.6 Å². The zero-order valence-electron chi connectivity index (χ0n) is 20.2. The van der Waals surface area contributed by atoms with E-state index >= 15 is 0 Å². The number of likely N-dealkylation sites (tertiary alicyclic amines) is 1. The van der Waals surface area contributed by atoms with Crippen molar-refractivity contribution in [2.45, 2.75) is 32.4 Å². The minimum absolute atomic E-state index is 0.328. The van der Waals surface area contributed by atoms with Crippen molar-refractivity contribution in [1.82, 2.24) is 23.6 Å². The van der Waals surface area contributed by atoms with Gasteiger partial charge in [-0.05, 0) is 61.5 Å². The van der Waals surface area contributed by atoms with Crippen LogP contribution in [0.2, 0.25) is 5.02 Å². The van der Waals surface area contributed by atoms with E-state index in [1.54, 1.807) is 7.05 Å². The van der Waals surface area contributed by atoms with Gasteiger partial charge in [-0.25, -0.2) is 9.78 Å². The van der Waals surface area contributed by atoms with Gasteiger partial charge >= 0.3 is 5.69 Å². The normalized spacial score (nSPS) is 15.2. The van der Waals surface area contributed by atoms with Gasteiger partial charge in [0, 0.05) is 25.7 Å². The minimum atomic E-state index is -0.372. The van der Waals surface area contributed by atoms with Gasteiger partial charge in [-0.1, -0.05) is 54.1 Å². The van der Waals surface area contributed by atoms with E-state index in [2.05, 4.69) is 35.2 Å². The summed E-state index contributed by atoms with van der Waals surface area (Å²) in [7, 11) is 3.18. The molecule has 0 aliphatic carbocycles. The van der Waals surface area contributed by atoms with Gasteiger partial charge < -0.3 is 4.57 Å². The van der Waals surface area contributed by atoms with Crippen molar-refractivity contribution in [3.05, 3.63) is 97.4 Å². The highest BCUT2D eigenvalue weighted by Gasteiger charge is 2.24. The van der Waals surface area contributed by atoms with Crippen LogP contribution in [0, 0.1) is 5.92 Å². The van der Waals surface area contributed by atoms with Crippen LogP contribution in [-0.4, -0.2) is 36.7 Å². The molecule has 1 aliphatic heterocycles. The zero-order chi connectivity index (χ0) is 24.5. The van der Waals surface area contributed by atoms with Crippen LogP contribution in [-0.2, 0) is 33.6 Å². The molecule has 1 saturated heterocycles. The maximum atomic E-state index is 13.2. The molecule has 0 bridgehead atoms. The van der Waals surface area contributed by atoms with E-state index < -0.39 is 0 Å². The van der Waals surface area contributed by atoms with Gasteiger partial charge in [0.1, 0.15) is 5.82 Å². The van der Waals surface area contributed by atoms with E-state index in [-0.39, 0.29) is 11.2 Å². The fraction of sp³-hybridized carbons (Fsp3) is 0.370. The van der Waals surface area contributed by atoms with Gasteiger partial charge in [0.25, 0.3) is 5.56 Å². The lowest BCUT2D eigenvalue weighted by atomic mass is 9.90. The van der Waals surface area contributed by atoms with Crippen LogP contribution in [0.25, 0.3) is 11.2 Å². The molecule has 1 aliphatic rings. The number of benzene rings is 2. The molecule has 35 heavy (non-hydrogen) atoms. The van der Waals surface area contributed by atoms with Crippen molar-refractivity contribution < 1.29 is 0 Å². The maximum absolute atomic E-state index is 13.2. The number of hydrogen-bond acceptors (Lipinski definition) is 4. The third-order valence-corrected chi connectivity index (χ3v) is 7.33. The summed E-state index contributed by atoms with van der Waals surface area (Å²) in [6.07, 6.45) is 3.37. The van der Waals surface area contributed by atoms with E-state index in [4.69, 9.17) is 16.6 Å². The Kier molecular flexibility index (Phi) is 6.62. The Labute approximate surface area is 209 Å². The smallest absolute Gasteiger partial charge is 0.317 e. The highest BCUT2D eigenvalue weighted by molar-refractivity contribution is 6.30. The third-order valence-electron chi connectivity index (χ3n) is 7.10. The fourth-order valence-electron chi connectivity index (χ4n) is 5.10. The van der Waals surface area contributed by atoms with Crippen molar-refractivity contribution >= 4 is 22.8 Å². The quantitative estimate of drug-likeness (QED) is 0.413. The van der Waals surface area contributed by atoms with Crippen molar-refractivity contribution in [3.63, 3.8) is 0 Å². The molecule has 0 N–H and O–H groups in total. The maximum Gasteiger partial charge on any atom is 0.332 e. The number of aromatic nitrogens is 4. The third kappa shape index (κ3) is 4.83. The molecule has 5 rings (SSSR count). The summed E-state index contributed by atoms with van der Waals surface area (Å²) in [4.78, 5) is 32.9. The molecule has 182 valence electrons. The van der Waals surface area contributed by atoms with Gasteiger partial charge in [-0.3, -0.25) is 18.8 Å². The average Bonchev–Trinajstić information content (AvgIpc) is 3.21. The van der Waals surface area contributed by atoms with Crippen molar-refractivity contribution in [3.8, 4) is 0 Å².